The average molecular weight is 340 g/mol. The summed E-state index contributed by atoms with van der Waals surface area (Å²) in [6.45, 7) is 0. The number of hydrogen-bond donors (Lipinski definition) is 1. The SMILES string of the molecule is Fc1cc(-c2c[nH]c3ncccc23)cc2c(-c3cccnc3)ccnc12. The van der Waals surface area contributed by atoms with E-state index >= 15 is 0 Å². The van der Waals surface area contributed by atoms with Gasteiger partial charge in [-0.3, -0.25) is 9.97 Å². The molecule has 0 saturated heterocycles. The van der Waals surface area contributed by atoms with Gasteiger partial charge >= 0.3 is 0 Å². The Morgan fingerprint density at radius 3 is 2.62 bits per heavy atom. The first-order valence-electron chi connectivity index (χ1n) is 8.22. The second-order valence-corrected chi connectivity index (χ2v) is 6.06. The lowest BCUT2D eigenvalue weighted by Gasteiger charge is -2.09. The van der Waals surface area contributed by atoms with E-state index in [1.165, 1.54) is 6.07 Å². The Balaban J connectivity index is 1.81. The molecule has 26 heavy (non-hydrogen) atoms. The van der Waals surface area contributed by atoms with Crippen LogP contribution < -0.4 is 0 Å². The summed E-state index contributed by atoms with van der Waals surface area (Å²) < 4.78 is 14.8. The molecule has 124 valence electrons. The highest BCUT2D eigenvalue weighted by atomic mass is 19.1. The van der Waals surface area contributed by atoms with Crippen molar-refractivity contribution >= 4 is 21.9 Å². The summed E-state index contributed by atoms with van der Waals surface area (Å²) in [6.07, 6.45) is 8.71. The van der Waals surface area contributed by atoms with Crippen molar-refractivity contribution in [3.8, 4) is 22.3 Å². The number of rotatable bonds is 2. The summed E-state index contributed by atoms with van der Waals surface area (Å²) in [4.78, 5) is 15.9. The number of nitrogens with zero attached hydrogens (tertiary/aromatic N) is 3. The first-order valence-corrected chi connectivity index (χ1v) is 8.22. The predicted octanol–water partition coefficient (Wildman–Crippen LogP) is 4.98. The van der Waals surface area contributed by atoms with Gasteiger partial charge in [-0.1, -0.05) is 6.07 Å². The summed E-state index contributed by atoms with van der Waals surface area (Å²) in [7, 11) is 0. The molecule has 1 aromatic carbocycles. The van der Waals surface area contributed by atoms with E-state index in [-0.39, 0.29) is 5.82 Å². The van der Waals surface area contributed by atoms with Crippen LogP contribution in [0.15, 0.2) is 73.4 Å². The lowest BCUT2D eigenvalue weighted by atomic mass is 9.98. The van der Waals surface area contributed by atoms with Crippen molar-refractivity contribution in [3.63, 3.8) is 0 Å². The lowest BCUT2D eigenvalue weighted by molar-refractivity contribution is 0.637. The standard InChI is InChI=1S/C21H13FN4/c22-19-10-14(18-12-26-21-16(18)4-2-7-25-21)9-17-15(5-8-24-20(17)19)13-3-1-6-23-11-13/h1-12H,(H,25,26). The van der Waals surface area contributed by atoms with Crippen LogP contribution in [0, 0.1) is 5.82 Å². The van der Waals surface area contributed by atoms with Crippen LogP contribution in [0.2, 0.25) is 0 Å². The molecule has 0 unspecified atom stereocenters. The highest BCUT2D eigenvalue weighted by molar-refractivity contribution is 6.00. The summed E-state index contributed by atoms with van der Waals surface area (Å²) in [5.74, 6) is -0.346. The lowest BCUT2D eigenvalue weighted by Crippen LogP contribution is -1.90. The highest BCUT2D eigenvalue weighted by Crippen LogP contribution is 2.34. The molecule has 0 spiro atoms. The number of pyridine rings is 3. The van der Waals surface area contributed by atoms with Gasteiger partial charge in [0.25, 0.3) is 0 Å². The number of aromatic amines is 1. The maximum atomic E-state index is 14.8. The summed E-state index contributed by atoms with van der Waals surface area (Å²) >= 11 is 0. The number of hydrogen-bond acceptors (Lipinski definition) is 3. The van der Waals surface area contributed by atoms with Crippen LogP contribution in [0.1, 0.15) is 0 Å². The molecule has 0 amide bonds. The summed E-state index contributed by atoms with van der Waals surface area (Å²) in [5, 5.41) is 1.71. The van der Waals surface area contributed by atoms with Gasteiger partial charge in [-0.15, -0.1) is 0 Å². The van der Waals surface area contributed by atoms with E-state index in [9.17, 15) is 4.39 Å². The van der Waals surface area contributed by atoms with Gasteiger partial charge in [0.05, 0.1) is 0 Å². The molecule has 0 bridgehead atoms. The van der Waals surface area contributed by atoms with E-state index in [1.54, 1.807) is 24.8 Å². The Bertz CT molecular complexity index is 1250. The fraction of sp³-hybridized carbons (Fsp3) is 0. The second kappa shape index (κ2) is 5.74. The van der Waals surface area contributed by atoms with Gasteiger partial charge in [-0.2, -0.15) is 0 Å². The van der Waals surface area contributed by atoms with Crippen LogP contribution in [0.25, 0.3) is 44.2 Å². The van der Waals surface area contributed by atoms with Gasteiger partial charge in [0.15, 0.2) is 0 Å². The van der Waals surface area contributed by atoms with Crippen LogP contribution in [-0.4, -0.2) is 19.9 Å². The molecule has 0 aliphatic carbocycles. The smallest absolute Gasteiger partial charge is 0.150 e. The van der Waals surface area contributed by atoms with E-state index in [1.807, 2.05) is 42.6 Å². The Hall–Kier alpha value is -3.60. The monoisotopic (exact) mass is 340 g/mol. The Kier molecular flexibility index (Phi) is 3.25. The fourth-order valence-corrected chi connectivity index (χ4v) is 3.34. The molecule has 0 aliphatic rings. The zero-order valence-corrected chi connectivity index (χ0v) is 13.6. The van der Waals surface area contributed by atoms with Gasteiger partial charge in [0.1, 0.15) is 17.0 Å². The third-order valence-corrected chi connectivity index (χ3v) is 4.53. The van der Waals surface area contributed by atoms with Crippen molar-refractivity contribution in [2.24, 2.45) is 0 Å². The van der Waals surface area contributed by atoms with E-state index in [0.29, 0.717) is 5.52 Å². The van der Waals surface area contributed by atoms with Crippen LogP contribution in [-0.2, 0) is 0 Å². The van der Waals surface area contributed by atoms with Crippen molar-refractivity contribution in [3.05, 3.63) is 79.3 Å². The molecule has 4 heterocycles. The first-order chi connectivity index (χ1) is 12.8. The van der Waals surface area contributed by atoms with Crippen LogP contribution in [0.4, 0.5) is 4.39 Å². The Morgan fingerprint density at radius 2 is 1.73 bits per heavy atom. The van der Waals surface area contributed by atoms with Gasteiger partial charge in [-0.05, 0) is 47.5 Å². The topological polar surface area (TPSA) is 54.5 Å². The maximum Gasteiger partial charge on any atom is 0.150 e. The van der Waals surface area contributed by atoms with E-state index in [0.717, 1.165) is 38.7 Å². The minimum atomic E-state index is -0.346. The van der Waals surface area contributed by atoms with Crippen molar-refractivity contribution in [2.45, 2.75) is 0 Å². The third-order valence-electron chi connectivity index (χ3n) is 4.53. The fourth-order valence-electron chi connectivity index (χ4n) is 3.34. The number of aromatic nitrogens is 4. The second-order valence-electron chi connectivity index (χ2n) is 6.06. The number of H-pyrrole nitrogens is 1. The maximum absolute atomic E-state index is 14.8. The molecule has 5 aromatic rings. The minimum Gasteiger partial charge on any atom is -0.346 e. The van der Waals surface area contributed by atoms with Gasteiger partial charge in [0.2, 0.25) is 0 Å². The average Bonchev–Trinajstić information content (AvgIpc) is 3.12. The molecule has 0 fully saturated rings. The molecular weight excluding hydrogens is 327 g/mol. The number of fused-ring (bicyclic) bond motifs is 2. The van der Waals surface area contributed by atoms with Crippen LogP contribution >= 0.6 is 0 Å². The summed E-state index contributed by atoms with van der Waals surface area (Å²) in [5.41, 5.74) is 4.66. The molecule has 4 aromatic heterocycles. The minimum absolute atomic E-state index is 0.346. The number of nitrogens with one attached hydrogen (secondary N) is 1. The largest absolute Gasteiger partial charge is 0.346 e. The highest BCUT2D eigenvalue weighted by Gasteiger charge is 2.14. The van der Waals surface area contributed by atoms with Gasteiger partial charge < -0.3 is 4.98 Å². The molecule has 0 radical (unpaired) electrons. The van der Waals surface area contributed by atoms with E-state index in [4.69, 9.17) is 0 Å². The zero-order valence-electron chi connectivity index (χ0n) is 13.6. The molecule has 0 atom stereocenters. The molecule has 0 saturated carbocycles. The van der Waals surface area contributed by atoms with Gasteiger partial charge in [0, 0.05) is 52.9 Å². The van der Waals surface area contributed by atoms with Crippen LogP contribution in [0.5, 0.6) is 0 Å². The molecule has 0 aliphatic heterocycles. The molecule has 4 nitrogen and oxygen atoms in total. The van der Waals surface area contributed by atoms with E-state index < -0.39 is 0 Å². The van der Waals surface area contributed by atoms with Crippen molar-refractivity contribution < 1.29 is 4.39 Å². The van der Waals surface area contributed by atoms with Crippen molar-refractivity contribution in [1.82, 2.24) is 19.9 Å². The first kappa shape index (κ1) is 14.7. The van der Waals surface area contributed by atoms with E-state index in [2.05, 4.69) is 19.9 Å². The molecular formula is C21H13FN4. The molecule has 1 N–H and O–H groups in total. The normalized spacial score (nSPS) is 11.3. The predicted molar refractivity (Wildman–Crippen MR) is 100 cm³/mol. The third kappa shape index (κ3) is 2.25. The molecule has 5 heteroatoms. The van der Waals surface area contributed by atoms with Gasteiger partial charge in [-0.25, -0.2) is 9.37 Å². The number of halogens is 1. The quantitative estimate of drug-likeness (QED) is 0.493. The Morgan fingerprint density at radius 1 is 0.808 bits per heavy atom. The zero-order chi connectivity index (χ0) is 17.5. The van der Waals surface area contributed by atoms with Crippen LogP contribution in [0.3, 0.4) is 0 Å². The number of benzene rings is 1. The molecule has 5 rings (SSSR count). The Labute approximate surface area is 148 Å². The van der Waals surface area contributed by atoms with Crippen molar-refractivity contribution in [2.75, 3.05) is 0 Å². The summed E-state index contributed by atoms with van der Waals surface area (Å²) in [6, 6.07) is 13.1. The van der Waals surface area contributed by atoms with Crippen molar-refractivity contribution in [1.29, 1.82) is 0 Å².